The lowest BCUT2D eigenvalue weighted by Crippen LogP contribution is -2.39. The lowest BCUT2D eigenvalue weighted by Gasteiger charge is -2.42. The van der Waals surface area contributed by atoms with Crippen molar-refractivity contribution >= 4 is 11.6 Å². The van der Waals surface area contributed by atoms with Gasteiger partial charge in [0, 0.05) is 6.42 Å². The molecule has 2 rings (SSSR count). The van der Waals surface area contributed by atoms with Crippen LogP contribution in [0, 0.1) is 17.2 Å². The summed E-state index contributed by atoms with van der Waals surface area (Å²) in [4.78, 5) is 0. The maximum Gasteiger partial charge on any atom is 0.142 e. The Morgan fingerprint density at radius 2 is 1.95 bits per heavy atom. The van der Waals surface area contributed by atoms with Crippen molar-refractivity contribution < 1.29 is 9.50 Å². The van der Waals surface area contributed by atoms with Crippen molar-refractivity contribution in [2.24, 2.45) is 11.3 Å². The third kappa shape index (κ3) is 3.98. The van der Waals surface area contributed by atoms with Crippen molar-refractivity contribution in [2.45, 2.75) is 64.9 Å². The Morgan fingerprint density at radius 1 is 1.33 bits per heavy atom. The second kappa shape index (κ2) is 6.26. The van der Waals surface area contributed by atoms with Crippen LogP contribution in [-0.4, -0.2) is 10.7 Å². The molecule has 0 aliphatic heterocycles. The molecule has 21 heavy (non-hydrogen) atoms. The first-order chi connectivity index (χ1) is 9.76. The van der Waals surface area contributed by atoms with Gasteiger partial charge in [-0.1, -0.05) is 44.9 Å². The second-order valence-corrected chi connectivity index (χ2v) is 7.67. The first-order valence-electron chi connectivity index (χ1n) is 7.92. The van der Waals surface area contributed by atoms with E-state index in [-0.39, 0.29) is 5.02 Å². The van der Waals surface area contributed by atoms with Gasteiger partial charge in [-0.05, 0) is 54.7 Å². The monoisotopic (exact) mass is 312 g/mol. The fourth-order valence-corrected chi connectivity index (χ4v) is 3.55. The van der Waals surface area contributed by atoms with Crippen molar-refractivity contribution in [3.63, 3.8) is 0 Å². The highest BCUT2D eigenvalue weighted by atomic mass is 35.5. The number of rotatable bonds is 4. The average Bonchev–Trinajstić information content (AvgIpc) is 2.43. The molecule has 118 valence electrons. The molecule has 0 spiro atoms. The minimum absolute atomic E-state index is 0.138. The van der Waals surface area contributed by atoms with E-state index in [0.717, 1.165) is 31.2 Å². The van der Waals surface area contributed by atoms with Gasteiger partial charge in [-0.25, -0.2) is 4.39 Å². The predicted molar refractivity (Wildman–Crippen MR) is 86.1 cm³/mol. The first-order valence-corrected chi connectivity index (χ1v) is 8.30. The van der Waals surface area contributed by atoms with E-state index in [2.05, 4.69) is 20.8 Å². The van der Waals surface area contributed by atoms with Crippen LogP contribution in [0.2, 0.25) is 5.02 Å². The van der Waals surface area contributed by atoms with Crippen LogP contribution in [0.15, 0.2) is 18.2 Å². The summed E-state index contributed by atoms with van der Waals surface area (Å²) >= 11 is 5.71. The molecular weight excluding hydrogens is 287 g/mol. The Labute approximate surface area is 132 Å². The summed E-state index contributed by atoms with van der Waals surface area (Å²) in [5.41, 5.74) is 0.474. The predicted octanol–water partition coefficient (Wildman–Crippen LogP) is 5.38. The molecule has 3 heteroatoms. The minimum atomic E-state index is -0.694. The zero-order chi connectivity index (χ0) is 15.7. The highest BCUT2D eigenvalue weighted by Gasteiger charge is 2.38. The molecule has 1 saturated carbocycles. The van der Waals surface area contributed by atoms with E-state index in [4.69, 9.17) is 11.6 Å². The van der Waals surface area contributed by atoms with Gasteiger partial charge >= 0.3 is 0 Å². The molecule has 0 saturated heterocycles. The maximum absolute atomic E-state index is 13.5. The molecule has 0 heterocycles. The van der Waals surface area contributed by atoms with E-state index < -0.39 is 11.4 Å². The van der Waals surface area contributed by atoms with Crippen molar-refractivity contribution in [3.05, 3.63) is 34.6 Å². The van der Waals surface area contributed by atoms with E-state index in [1.165, 1.54) is 12.5 Å². The fraction of sp³-hybridized carbons (Fsp3) is 0.667. The Morgan fingerprint density at radius 3 is 2.48 bits per heavy atom. The van der Waals surface area contributed by atoms with Gasteiger partial charge in [-0.3, -0.25) is 0 Å². The highest BCUT2D eigenvalue weighted by molar-refractivity contribution is 6.30. The van der Waals surface area contributed by atoms with Gasteiger partial charge in [0.2, 0.25) is 0 Å². The number of halogens is 2. The quantitative estimate of drug-likeness (QED) is 0.791. The summed E-state index contributed by atoms with van der Waals surface area (Å²) in [5, 5.41) is 10.9. The topological polar surface area (TPSA) is 20.2 Å². The molecule has 1 aliphatic carbocycles. The third-order valence-electron chi connectivity index (χ3n) is 5.45. The van der Waals surface area contributed by atoms with Crippen LogP contribution in [-0.2, 0) is 6.42 Å². The molecule has 0 bridgehead atoms. The molecule has 0 aromatic heterocycles. The summed E-state index contributed by atoms with van der Waals surface area (Å²) in [7, 11) is 0. The zero-order valence-corrected chi connectivity index (χ0v) is 14.0. The van der Waals surface area contributed by atoms with E-state index in [9.17, 15) is 9.50 Å². The zero-order valence-electron chi connectivity index (χ0n) is 13.3. The fourth-order valence-electron chi connectivity index (χ4n) is 3.43. The number of benzene rings is 1. The van der Waals surface area contributed by atoms with Crippen LogP contribution in [0.3, 0.4) is 0 Å². The standard InChI is InChI=1S/C18H26ClFO/c1-4-17(2,3)14-7-9-18(21,10-8-14)12-13-5-6-15(19)16(20)11-13/h5-6,11,14,21H,4,7-10,12H2,1-3H3. The van der Waals surface area contributed by atoms with Gasteiger partial charge in [-0.2, -0.15) is 0 Å². The Kier molecular flexibility index (Phi) is 4.99. The van der Waals surface area contributed by atoms with E-state index in [1.54, 1.807) is 6.07 Å². The van der Waals surface area contributed by atoms with Gasteiger partial charge in [0.25, 0.3) is 0 Å². The van der Waals surface area contributed by atoms with Crippen LogP contribution < -0.4 is 0 Å². The van der Waals surface area contributed by atoms with Crippen LogP contribution >= 0.6 is 11.6 Å². The van der Waals surface area contributed by atoms with E-state index >= 15 is 0 Å². The SMILES string of the molecule is CCC(C)(C)C1CCC(O)(Cc2ccc(Cl)c(F)c2)CC1. The van der Waals surface area contributed by atoms with Gasteiger partial charge < -0.3 is 5.11 Å². The average molecular weight is 313 g/mol. The van der Waals surface area contributed by atoms with Gasteiger partial charge in [-0.15, -0.1) is 0 Å². The van der Waals surface area contributed by atoms with Crippen molar-refractivity contribution in [2.75, 3.05) is 0 Å². The van der Waals surface area contributed by atoms with Crippen LogP contribution in [0.25, 0.3) is 0 Å². The third-order valence-corrected chi connectivity index (χ3v) is 5.76. The molecule has 1 N–H and O–H groups in total. The molecule has 1 aliphatic rings. The van der Waals surface area contributed by atoms with E-state index in [1.807, 2.05) is 6.07 Å². The summed E-state index contributed by atoms with van der Waals surface area (Å²) in [6.07, 6.45) is 5.37. The molecule has 1 fully saturated rings. The smallest absolute Gasteiger partial charge is 0.142 e. The van der Waals surface area contributed by atoms with Gasteiger partial charge in [0.15, 0.2) is 0 Å². The molecular formula is C18H26ClFO. The lowest BCUT2D eigenvalue weighted by atomic mass is 9.65. The first kappa shape index (κ1) is 16.8. The minimum Gasteiger partial charge on any atom is -0.390 e. The summed E-state index contributed by atoms with van der Waals surface area (Å²) < 4.78 is 13.5. The Bertz CT molecular complexity index is 490. The lowest BCUT2D eigenvalue weighted by molar-refractivity contribution is -0.0276. The molecule has 1 aromatic rings. The van der Waals surface area contributed by atoms with Crippen LogP contribution in [0.1, 0.15) is 58.4 Å². The summed E-state index contributed by atoms with van der Waals surface area (Å²) in [5.74, 6) is 0.267. The molecule has 0 atom stereocenters. The normalized spacial score (nSPS) is 26.9. The molecule has 0 unspecified atom stereocenters. The summed E-state index contributed by atoms with van der Waals surface area (Å²) in [6, 6.07) is 4.83. The summed E-state index contributed by atoms with van der Waals surface area (Å²) in [6.45, 7) is 6.87. The van der Waals surface area contributed by atoms with Gasteiger partial charge in [0.05, 0.1) is 10.6 Å². The Hall–Kier alpha value is -0.600. The van der Waals surface area contributed by atoms with Crippen molar-refractivity contribution in [1.29, 1.82) is 0 Å². The van der Waals surface area contributed by atoms with Gasteiger partial charge in [0.1, 0.15) is 5.82 Å². The van der Waals surface area contributed by atoms with Crippen molar-refractivity contribution in [3.8, 4) is 0 Å². The largest absolute Gasteiger partial charge is 0.390 e. The molecule has 0 radical (unpaired) electrons. The number of hydrogen-bond acceptors (Lipinski definition) is 1. The second-order valence-electron chi connectivity index (χ2n) is 7.27. The number of hydrogen-bond donors (Lipinski definition) is 1. The van der Waals surface area contributed by atoms with Crippen molar-refractivity contribution in [1.82, 2.24) is 0 Å². The van der Waals surface area contributed by atoms with Crippen LogP contribution in [0.5, 0.6) is 0 Å². The number of aliphatic hydroxyl groups is 1. The molecule has 0 amide bonds. The van der Waals surface area contributed by atoms with Crippen LogP contribution in [0.4, 0.5) is 4.39 Å². The highest BCUT2D eigenvalue weighted by Crippen LogP contribution is 2.44. The maximum atomic E-state index is 13.5. The molecule has 1 nitrogen and oxygen atoms in total. The van der Waals surface area contributed by atoms with E-state index in [0.29, 0.717) is 17.8 Å². The molecule has 1 aromatic carbocycles. The Balaban J connectivity index is 2.00.